The molecule has 0 atom stereocenters. The van der Waals surface area contributed by atoms with Crippen LogP contribution in [-0.2, 0) is 20.7 Å². The summed E-state index contributed by atoms with van der Waals surface area (Å²) >= 11 is 0. The summed E-state index contributed by atoms with van der Waals surface area (Å²) in [5, 5.41) is 2.95. The van der Waals surface area contributed by atoms with Crippen molar-refractivity contribution < 1.29 is 14.3 Å². The molecule has 0 bridgehead atoms. The van der Waals surface area contributed by atoms with Gasteiger partial charge in [0.05, 0.1) is 13.2 Å². The first kappa shape index (κ1) is 23.0. The number of rotatable bonds is 6. The summed E-state index contributed by atoms with van der Waals surface area (Å²) in [7, 11) is 0. The van der Waals surface area contributed by atoms with Crippen LogP contribution < -0.4 is 15.8 Å². The van der Waals surface area contributed by atoms with Crippen LogP contribution in [0.4, 0.5) is 11.6 Å². The summed E-state index contributed by atoms with van der Waals surface area (Å²) in [6.07, 6.45) is 1.88. The minimum atomic E-state index is -0.187. The van der Waals surface area contributed by atoms with Gasteiger partial charge in [0, 0.05) is 55.5 Å². The number of hydrogen-bond donors (Lipinski definition) is 2. The predicted octanol–water partition coefficient (Wildman–Crippen LogP) is 1.72. The lowest BCUT2D eigenvalue weighted by Crippen LogP contribution is -2.41. The quantitative estimate of drug-likeness (QED) is 0.690. The Kier molecular flexibility index (Phi) is 7.39. The van der Waals surface area contributed by atoms with E-state index in [4.69, 9.17) is 4.74 Å². The molecular weight excluding hydrogens is 422 g/mol. The first-order valence-electron chi connectivity index (χ1n) is 11.6. The summed E-state index contributed by atoms with van der Waals surface area (Å²) in [6, 6.07) is 9.40. The summed E-state index contributed by atoms with van der Waals surface area (Å²) in [5.41, 5.74) is 1.81. The molecule has 2 saturated heterocycles. The third kappa shape index (κ3) is 5.78. The molecule has 0 radical (unpaired) electrons. The van der Waals surface area contributed by atoms with Crippen molar-refractivity contribution in [2.24, 2.45) is 5.92 Å². The number of morpholine rings is 1. The van der Waals surface area contributed by atoms with Gasteiger partial charge in [0.2, 0.25) is 17.8 Å². The number of likely N-dealkylation sites (tertiary alicyclic amines) is 1. The smallest absolute Gasteiger partial charge is 0.255 e. The number of carbonyl (C=O) groups excluding carboxylic acids is 2. The first-order chi connectivity index (χ1) is 16.0. The van der Waals surface area contributed by atoms with Gasteiger partial charge < -0.3 is 19.9 Å². The second-order valence-corrected chi connectivity index (χ2v) is 8.56. The van der Waals surface area contributed by atoms with Crippen LogP contribution in [0.1, 0.15) is 30.5 Å². The number of benzene rings is 1. The van der Waals surface area contributed by atoms with Crippen molar-refractivity contribution in [1.82, 2.24) is 14.9 Å². The highest BCUT2D eigenvalue weighted by molar-refractivity contribution is 5.92. The number of hydrogen-bond acceptors (Lipinski definition) is 6. The van der Waals surface area contributed by atoms with Gasteiger partial charge in [-0.05, 0) is 38.3 Å². The molecule has 2 amide bonds. The maximum absolute atomic E-state index is 12.7. The first-order valence-corrected chi connectivity index (χ1v) is 11.6. The molecule has 9 nitrogen and oxygen atoms in total. The lowest BCUT2D eigenvalue weighted by molar-refractivity contribution is -0.134. The molecule has 2 aliphatic rings. The fourth-order valence-electron chi connectivity index (χ4n) is 4.36. The van der Waals surface area contributed by atoms with E-state index in [2.05, 4.69) is 15.3 Å². The molecule has 176 valence electrons. The Hall–Kier alpha value is -3.20. The number of amides is 2. The van der Waals surface area contributed by atoms with E-state index in [9.17, 15) is 14.4 Å². The Bertz CT molecular complexity index is 1020. The van der Waals surface area contributed by atoms with E-state index >= 15 is 0 Å². The average Bonchev–Trinajstić information content (AvgIpc) is 2.84. The molecule has 2 N–H and O–H groups in total. The highest BCUT2D eigenvalue weighted by Gasteiger charge is 2.27. The third-order valence-electron chi connectivity index (χ3n) is 6.37. The topological polar surface area (TPSA) is 108 Å². The van der Waals surface area contributed by atoms with Gasteiger partial charge in [0.1, 0.15) is 0 Å². The number of para-hydroxylation sites is 1. The SMILES string of the molecule is Cc1nc(N2CCOCC2)[nH]c(=O)c1CCC(=O)N1CCC(C(=O)Nc2ccccc2)CC1. The van der Waals surface area contributed by atoms with Crippen LogP contribution >= 0.6 is 0 Å². The zero-order valence-corrected chi connectivity index (χ0v) is 19.0. The molecule has 3 heterocycles. The Balaban J connectivity index is 1.27. The molecule has 4 rings (SSSR count). The van der Waals surface area contributed by atoms with E-state index in [1.165, 1.54) is 0 Å². The van der Waals surface area contributed by atoms with Gasteiger partial charge in [0.25, 0.3) is 5.56 Å². The van der Waals surface area contributed by atoms with Gasteiger partial charge in [-0.3, -0.25) is 19.4 Å². The van der Waals surface area contributed by atoms with Gasteiger partial charge in [-0.1, -0.05) is 18.2 Å². The van der Waals surface area contributed by atoms with Crippen LogP contribution in [0.25, 0.3) is 0 Å². The van der Waals surface area contributed by atoms with Crippen LogP contribution in [0.3, 0.4) is 0 Å². The zero-order valence-electron chi connectivity index (χ0n) is 19.0. The van der Waals surface area contributed by atoms with Gasteiger partial charge in [-0.2, -0.15) is 0 Å². The largest absolute Gasteiger partial charge is 0.378 e. The Morgan fingerprint density at radius 1 is 1.12 bits per heavy atom. The number of anilines is 2. The Morgan fingerprint density at radius 2 is 1.82 bits per heavy atom. The van der Waals surface area contributed by atoms with E-state index in [1.807, 2.05) is 42.2 Å². The highest BCUT2D eigenvalue weighted by atomic mass is 16.5. The highest BCUT2D eigenvalue weighted by Crippen LogP contribution is 2.20. The molecule has 0 unspecified atom stereocenters. The van der Waals surface area contributed by atoms with E-state index in [0.29, 0.717) is 75.9 Å². The minimum absolute atomic E-state index is 0.00175. The van der Waals surface area contributed by atoms with Crippen molar-refractivity contribution >= 4 is 23.5 Å². The number of H-pyrrole nitrogens is 1. The van der Waals surface area contributed by atoms with Crippen molar-refractivity contribution in [1.29, 1.82) is 0 Å². The minimum Gasteiger partial charge on any atom is -0.378 e. The van der Waals surface area contributed by atoms with Crippen molar-refractivity contribution in [3.8, 4) is 0 Å². The molecule has 1 aromatic carbocycles. The predicted molar refractivity (Wildman–Crippen MR) is 125 cm³/mol. The molecule has 0 spiro atoms. The Labute approximate surface area is 193 Å². The number of aromatic amines is 1. The zero-order chi connectivity index (χ0) is 23.2. The molecule has 0 aliphatic carbocycles. The summed E-state index contributed by atoms with van der Waals surface area (Å²) in [4.78, 5) is 49.1. The molecule has 9 heteroatoms. The van der Waals surface area contributed by atoms with E-state index in [-0.39, 0.29) is 29.7 Å². The number of aromatic nitrogens is 2. The van der Waals surface area contributed by atoms with Crippen molar-refractivity contribution in [3.63, 3.8) is 0 Å². The molecule has 2 aromatic rings. The number of ether oxygens (including phenoxy) is 1. The average molecular weight is 454 g/mol. The van der Waals surface area contributed by atoms with Gasteiger partial charge in [-0.25, -0.2) is 4.98 Å². The van der Waals surface area contributed by atoms with Gasteiger partial charge in [0.15, 0.2) is 0 Å². The monoisotopic (exact) mass is 453 g/mol. The summed E-state index contributed by atoms with van der Waals surface area (Å²) in [5.74, 6) is 0.470. The molecule has 2 fully saturated rings. The van der Waals surface area contributed by atoms with Crippen LogP contribution in [-0.4, -0.2) is 66.1 Å². The Morgan fingerprint density at radius 3 is 2.48 bits per heavy atom. The van der Waals surface area contributed by atoms with Crippen molar-refractivity contribution in [2.75, 3.05) is 49.6 Å². The maximum atomic E-state index is 12.7. The van der Waals surface area contributed by atoms with E-state index in [1.54, 1.807) is 4.90 Å². The normalized spacial score (nSPS) is 17.1. The lowest BCUT2D eigenvalue weighted by atomic mass is 9.95. The standard InChI is InChI=1S/C24H31N5O4/c1-17-20(23(32)27-24(25-17)29-13-15-33-16-14-29)7-8-21(30)28-11-9-18(10-12-28)22(31)26-19-5-3-2-4-6-19/h2-6,18H,7-16H2,1H3,(H,26,31)(H,25,27,32). The van der Waals surface area contributed by atoms with Crippen LogP contribution in [0.2, 0.25) is 0 Å². The molecule has 33 heavy (non-hydrogen) atoms. The number of aryl methyl sites for hydroxylation is 1. The second-order valence-electron chi connectivity index (χ2n) is 8.56. The fourth-order valence-corrected chi connectivity index (χ4v) is 4.36. The molecule has 1 aromatic heterocycles. The second kappa shape index (κ2) is 10.6. The van der Waals surface area contributed by atoms with Crippen LogP contribution in [0.15, 0.2) is 35.1 Å². The van der Waals surface area contributed by atoms with E-state index in [0.717, 1.165) is 5.69 Å². The lowest BCUT2D eigenvalue weighted by Gasteiger charge is -2.31. The molecular formula is C24H31N5O4. The maximum Gasteiger partial charge on any atom is 0.255 e. The summed E-state index contributed by atoms with van der Waals surface area (Å²) < 4.78 is 5.35. The number of carbonyl (C=O) groups is 2. The fraction of sp³-hybridized carbons (Fsp3) is 0.500. The number of piperidine rings is 1. The van der Waals surface area contributed by atoms with Crippen LogP contribution in [0, 0.1) is 12.8 Å². The van der Waals surface area contributed by atoms with Crippen molar-refractivity contribution in [2.45, 2.75) is 32.6 Å². The van der Waals surface area contributed by atoms with Crippen LogP contribution in [0.5, 0.6) is 0 Å². The number of nitrogens with one attached hydrogen (secondary N) is 2. The number of nitrogens with zero attached hydrogens (tertiary/aromatic N) is 3. The van der Waals surface area contributed by atoms with E-state index < -0.39 is 0 Å². The van der Waals surface area contributed by atoms with Gasteiger partial charge in [-0.15, -0.1) is 0 Å². The third-order valence-corrected chi connectivity index (χ3v) is 6.37. The summed E-state index contributed by atoms with van der Waals surface area (Å²) in [6.45, 7) is 5.53. The van der Waals surface area contributed by atoms with Crippen molar-refractivity contribution in [3.05, 3.63) is 51.9 Å². The molecule has 2 aliphatic heterocycles. The van der Waals surface area contributed by atoms with Gasteiger partial charge >= 0.3 is 0 Å². The molecule has 0 saturated carbocycles.